The molecule has 1 aliphatic heterocycles. The van der Waals surface area contributed by atoms with Gasteiger partial charge in [-0.25, -0.2) is 0 Å². The number of morpholine rings is 1. The minimum atomic E-state index is -0.568. The number of hydrogen-bond donors (Lipinski definition) is 1. The molecule has 0 spiro atoms. The zero-order chi connectivity index (χ0) is 18.7. The number of carbonyl (C=O) groups excluding carboxylic acids is 1. The number of halogens is 2. The molecule has 0 saturated carbocycles. The van der Waals surface area contributed by atoms with Crippen LogP contribution in [0.2, 0.25) is 10.0 Å². The van der Waals surface area contributed by atoms with Gasteiger partial charge >= 0.3 is 0 Å². The van der Waals surface area contributed by atoms with E-state index in [0.717, 1.165) is 11.8 Å². The summed E-state index contributed by atoms with van der Waals surface area (Å²) in [5, 5.41) is 14.1. The van der Waals surface area contributed by atoms with Crippen molar-refractivity contribution in [3.63, 3.8) is 0 Å². The first-order chi connectivity index (χ1) is 12.5. The lowest BCUT2D eigenvalue weighted by Crippen LogP contribution is -2.36. The van der Waals surface area contributed by atoms with Gasteiger partial charge < -0.3 is 15.0 Å². The summed E-state index contributed by atoms with van der Waals surface area (Å²) in [6, 6.07) is 8.96. The number of carbonyl (C=O) groups is 1. The van der Waals surface area contributed by atoms with E-state index in [4.69, 9.17) is 27.9 Å². The Morgan fingerprint density at radius 1 is 1.15 bits per heavy atom. The second kappa shape index (κ2) is 7.90. The Morgan fingerprint density at radius 2 is 1.88 bits per heavy atom. The van der Waals surface area contributed by atoms with Crippen LogP contribution in [-0.4, -0.2) is 37.1 Å². The van der Waals surface area contributed by atoms with E-state index in [-0.39, 0.29) is 16.3 Å². The monoisotopic (exact) mass is 395 g/mol. The number of ether oxygens (including phenoxy) is 1. The molecule has 2 aromatic carbocycles. The molecule has 7 nitrogen and oxygen atoms in total. The van der Waals surface area contributed by atoms with E-state index in [9.17, 15) is 14.9 Å². The third-order valence-corrected chi connectivity index (χ3v) is 4.51. The SMILES string of the molecule is O=C(Nc1cc(Cl)ccc1N1CCOCC1)c1ccc([N+](=O)[O-])cc1Cl. The molecule has 3 rings (SSSR count). The number of hydrogen-bond acceptors (Lipinski definition) is 5. The summed E-state index contributed by atoms with van der Waals surface area (Å²) in [5.41, 5.74) is 1.33. The van der Waals surface area contributed by atoms with Crippen molar-refractivity contribution in [3.05, 3.63) is 62.1 Å². The maximum absolute atomic E-state index is 12.6. The van der Waals surface area contributed by atoms with Gasteiger partial charge in [0.1, 0.15) is 0 Å². The van der Waals surface area contributed by atoms with Gasteiger partial charge in [-0.2, -0.15) is 0 Å². The van der Waals surface area contributed by atoms with Crippen LogP contribution >= 0.6 is 23.2 Å². The van der Waals surface area contributed by atoms with E-state index in [1.54, 1.807) is 12.1 Å². The Hall–Kier alpha value is -2.35. The first kappa shape index (κ1) is 18.4. The van der Waals surface area contributed by atoms with Gasteiger partial charge in [0.05, 0.1) is 40.1 Å². The summed E-state index contributed by atoms with van der Waals surface area (Å²) >= 11 is 12.1. The predicted octanol–water partition coefficient (Wildman–Crippen LogP) is 3.99. The summed E-state index contributed by atoms with van der Waals surface area (Å²) in [7, 11) is 0. The van der Waals surface area contributed by atoms with Crippen LogP contribution in [0, 0.1) is 10.1 Å². The molecule has 1 N–H and O–H groups in total. The smallest absolute Gasteiger partial charge is 0.270 e. The van der Waals surface area contributed by atoms with Crippen molar-refractivity contribution in [1.82, 2.24) is 0 Å². The van der Waals surface area contributed by atoms with Crippen LogP contribution in [0.25, 0.3) is 0 Å². The van der Waals surface area contributed by atoms with Gasteiger partial charge in [0.25, 0.3) is 11.6 Å². The number of non-ortho nitro benzene ring substituents is 1. The second-order valence-electron chi connectivity index (χ2n) is 5.64. The number of benzene rings is 2. The maximum Gasteiger partial charge on any atom is 0.270 e. The topological polar surface area (TPSA) is 84.7 Å². The molecular weight excluding hydrogens is 381 g/mol. The summed E-state index contributed by atoms with van der Waals surface area (Å²) in [6.07, 6.45) is 0. The fourth-order valence-electron chi connectivity index (χ4n) is 2.68. The van der Waals surface area contributed by atoms with Crippen LogP contribution in [0.15, 0.2) is 36.4 Å². The normalized spacial score (nSPS) is 14.2. The number of nitrogens with one attached hydrogen (secondary N) is 1. The Balaban J connectivity index is 1.87. The van der Waals surface area contributed by atoms with E-state index in [2.05, 4.69) is 10.2 Å². The van der Waals surface area contributed by atoms with E-state index >= 15 is 0 Å². The number of nitrogens with zero attached hydrogens (tertiary/aromatic N) is 2. The molecule has 2 aromatic rings. The lowest BCUT2D eigenvalue weighted by molar-refractivity contribution is -0.384. The van der Waals surface area contributed by atoms with Gasteiger partial charge in [-0.1, -0.05) is 23.2 Å². The summed E-state index contributed by atoms with van der Waals surface area (Å²) in [5.74, 6) is -0.471. The van der Waals surface area contributed by atoms with Crippen molar-refractivity contribution in [2.24, 2.45) is 0 Å². The van der Waals surface area contributed by atoms with Crippen LogP contribution in [0.5, 0.6) is 0 Å². The molecule has 0 aliphatic carbocycles. The van der Waals surface area contributed by atoms with Crippen LogP contribution in [0.3, 0.4) is 0 Å². The first-order valence-electron chi connectivity index (χ1n) is 7.83. The lowest BCUT2D eigenvalue weighted by atomic mass is 10.1. The Labute approximate surface area is 159 Å². The lowest BCUT2D eigenvalue weighted by Gasteiger charge is -2.30. The van der Waals surface area contributed by atoms with Crippen molar-refractivity contribution in [3.8, 4) is 0 Å². The van der Waals surface area contributed by atoms with Gasteiger partial charge in [0, 0.05) is 30.2 Å². The highest BCUT2D eigenvalue weighted by Crippen LogP contribution is 2.31. The molecule has 9 heteroatoms. The third-order valence-electron chi connectivity index (χ3n) is 3.97. The molecule has 26 heavy (non-hydrogen) atoms. The number of amides is 1. The average Bonchev–Trinajstić information content (AvgIpc) is 2.62. The van der Waals surface area contributed by atoms with E-state index in [1.165, 1.54) is 12.1 Å². The molecule has 1 aliphatic rings. The summed E-state index contributed by atoms with van der Waals surface area (Å²) < 4.78 is 5.35. The number of anilines is 2. The molecule has 1 saturated heterocycles. The maximum atomic E-state index is 12.6. The van der Waals surface area contributed by atoms with Crippen LogP contribution in [-0.2, 0) is 4.74 Å². The van der Waals surface area contributed by atoms with E-state index < -0.39 is 10.8 Å². The Morgan fingerprint density at radius 3 is 2.54 bits per heavy atom. The van der Waals surface area contributed by atoms with Crippen molar-refractivity contribution in [2.75, 3.05) is 36.5 Å². The van der Waals surface area contributed by atoms with Crippen molar-refractivity contribution >= 4 is 46.2 Å². The van der Waals surface area contributed by atoms with Crippen LogP contribution < -0.4 is 10.2 Å². The molecule has 0 radical (unpaired) electrons. The largest absolute Gasteiger partial charge is 0.378 e. The summed E-state index contributed by atoms with van der Waals surface area (Å²) in [4.78, 5) is 24.9. The zero-order valence-electron chi connectivity index (χ0n) is 13.6. The van der Waals surface area contributed by atoms with Gasteiger partial charge in [0.15, 0.2) is 0 Å². The highest BCUT2D eigenvalue weighted by molar-refractivity contribution is 6.35. The van der Waals surface area contributed by atoms with Gasteiger partial charge in [-0.3, -0.25) is 14.9 Å². The highest BCUT2D eigenvalue weighted by Gasteiger charge is 2.19. The van der Waals surface area contributed by atoms with Gasteiger partial charge in [-0.15, -0.1) is 0 Å². The average molecular weight is 396 g/mol. The quantitative estimate of drug-likeness (QED) is 0.624. The number of nitro benzene ring substituents is 1. The van der Waals surface area contributed by atoms with Crippen molar-refractivity contribution in [2.45, 2.75) is 0 Å². The molecule has 136 valence electrons. The molecule has 0 aromatic heterocycles. The van der Waals surface area contributed by atoms with Crippen LogP contribution in [0.1, 0.15) is 10.4 Å². The molecule has 0 bridgehead atoms. The molecule has 0 atom stereocenters. The minimum Gasteiger partial charge on any atom is -0.378 e. The fraction of sp³-hybridized carbons (Fsp3) is 0.235. The first-order valence-corrected chi connectivity index (χ1v) is 8.59. The predicted molar refractivity (Wildman–Crippen MR) is 101 cm³/mol. The Bertz CT molecular complexity index is 854. The third kappa shape index (κ3) is 4.07. The number of rotatable bonds is 4. The summed E-state index contributed by atoms with van der Waals surface area (Å²) in [6.45, 7) is 2.60. The molecule has 1 amide bonds. The standard InChI is InChI=1S/C17H15Cl2N3O4/c18-11-1-4-16(21-5-7-26-8-6-21)15(9-11)20-17(23)13-3-2-12(22(24)25)10-14(13)19/h1-4,9-10H,5-8H2,(H,20,23). The zero-order valence-corrected chi connectivity index (χ0v) is 15.1. The van der Waals surface area contributed by atoms with E-state index in [1.807, 2.05) is 6.07 Å². The minimum absolute atomic E-state index is 0.00616. The van der Waals surface area contributed by atoms with E-state index in [0.29, 0.717) is 37.0 Å². The molecule has 0 unspecified atom stereocenters. The van der Waals surface area contributed by atoms with Crippen LogP contribution in [0.4, 0.5) is 17.1 Å². The molecule has 1 heterocycles. The second-order valence-corrected chi connectivity index (χ2v) is 6.48. The fourth-order valence-corrected chi connectivity index (χ4v) is 3.11. The molecular formula is C17H15Cl2N3O4. The highest BCUT2D eigenvalue weighted by atomic mass is 35.5. The van der Waals surface area contributed by atoms with Crippen molar-refractivity contribution < 1.29 is 14.5 Å². The van der Waals surface area contributed by atoms with Gasteiger partial charge in [0.2, 0.25) is 0 Å². The van der Waals surface area contributed by atoms with Gasteiger partial charge in [-0.05, 0) is 24.3 Å². The molecule has 1 fully saturated rings. The van der Waals surface area contributed by atoms with Crippen molar-refractivity contribution in [1.29, 1.82) is 0 Å². The Kier molecular flexibility index (Phi) is 5.61. The number of nitro groups is 1.